The van der Waals surface area contributed by atoms with Gasteiger partial charge in [-0.1, -0.05) is 48.5 Å². The van der Waals surface area contributed by atoms with Crippen molar-refractivity contribution in [1.29, 1.82) is 0 Å². The molecule has 3 nitrogen and oxygen atoms in total. The number of ether oxygens (including phenoxy) is 2. The van der Waals surface area contributed by atoms with E-state index in [1.165, 1.54) is 57.8 Å². The molecule has 5 aliphatic carbocycles. The zero-order chi connectivity index (χ0) is 24.6. The Morgan fingerprint density at radius 1 is 0.706 bits per heavy atom. The second-order valence-corrected chi connectivity index (χ2v) is 15.9. The van der Waals surface area contributed by atoms with Crippen molar-refractivity contribution in [1.82, 2.24) is 0 Å². The van der Waals surface area contributed by atoms with Crippen LogP contribution in [0.4, 0.5) is 0 Å². The van der Waals surface area contributed by atoms with Gasteiger partial charge in [-0.2, -0.15) is 0 Å². The quantitative estimate of drug-likeness (QED) is 0.412. The first kappa shape index (κ1) is 24.2. The second-order valence-electron chi connectivity index (χ2n) is 15.9. The first-order valence-electron chi connectivity index (χ1n) is 14.6. The summed E-state index contributed by atoms with van der Waals surface area (Å²) in [7, 11) is 1.93. The van der Waals surface area contributed by atoms with Crippen LogP contribution in [-0.4, -0.2) is 35.6 Å². The minimum Gasteiger partial charge on any atom is -0.393 e. The fraction of sp³-hybridized carbons (Fsp3) is 1.00. The molecule has 0 aromatic heterocycles. The Morgan fingerprint density at radius 3 is 2.09 bits per heavy atom. The molecule has 6 aliphatic rings. The van der Waals surface area contributed by atoms with Crippen molar-refractivity contribution in [2.75, 3.05) is 7.11 Å². The highest BCUT2D eigenvalue weighted by atomic mass is 16.6. The molecule has 0 amide bonds. The summed E-state index contributed by atoms with van der Waals surface area (Å²) >= 11 is 0. The molecule has 6 fully saturated rings. The van der Waals surface area contributed by atoms with Crippen molar-refractivity contribution < 1.29 is 14.6 Å². The van der Waals surface area contributed by atoms with Crippen molar-refractivity contribution in [3.8, 4) is 0 Å². The van der Waals surface area contributed by atoms with Gasteiger partial charge in [-0.05, 0) is 110 Å². The van der Waals surface area contributed by atoms with Gasteiger partial charge in [-0.15, -0.1) is 0 Å². The van der Waals surface area contributed by atoms with Crippen LogP contribution in [0.1, 0.15) is 119 Å². The van der Waals surface area contributed by atoms with E-state index in [1.54, 1.807) is 0 Å². The number of epoxide rings is 1. The van der Waals surface area contributed by atoms with Crippen molar-refractivity contribution in [3.63, 3.8) is 0 Å². The molecular formula is C31H52O3. The predicted molar refractivity (Wildman–Crippen MR) is 136 cm³/mol. The average Bonchev–Trinajstić information content (AvgIpc) is 3.40. The smallest absolute Gasteiger partial charge is 0.104 e. The molecular weight excluding hydrogens is 420 g/mol. The van der Waals surface area contributed by atoms with Crippen LogP contribution in [-0.2, 0) is 9.47 Å². The Kier molecular flexibility index (Phi) is 4.88. The summed E-state index contributed by atoms with van der Waals surface area (Å²) < 4.78 is 13.2. The van der Waals surface area contributed by atoms with E-state index in [2.05, 4.69) is 48.5 Å². The van der Waals surface area contributed by atoms with Crippen LogP contribution in [0.3, 0.4) is 0 Å². The fourth-order valence-electron chi connectivity index (χ4n) is 12.6. The number of hydrogen-bond donors (Lipinski definition) is 1. The number of hydrogen-bond acceptors (Lipinski definition) is 3. The molecule has 6 rings (SSSR count). The molecule has 0 radical (unpaired) electrons. The summed E-state index contributed by atoms with van der Waals surface area (Å²) in [6.45, 7) is 17.6. The number of methoxy groups -OCH3 is 1. The van der Waals surface area contributed by atoms with Crippen LogP contribution in [0.5, 0.6) is 0 Å². The zero-order valence-electron chi connectivity index (χ0n) is 23.4. The maximum absolute atomic E-state index is 11.0. The van der Waals surface area contributed by atoms with Crippen LogP contribution in [0.25, 0.3) is 0 Å². The molecule has 34 heavy (non-hydrogen) atoms. The summed E-state index contributed by atoms with van der Waals surface area (Å²) in [5, 5.41) is 11.0. The summed E-state index contributed by atoms with van der Waals surface area (Å²) in [5.41, 5.74) is 1.37. The largest absolute Gasteiger partial charge is 0.393 e. The van der Waals surface area contributed by atoms with E-state index in [9.17, 15) is 5.11 Å². The monoisotopic (exact) mass is 472 g/mol. The molecule has 194 valence electrons. The lowest BCUT2D eigenvalue weighted by Gasteiger charge is -2.64. The van der Waals surface area contributed by atoms with Gasteiger partial charge in [-0.3, -0.25) is 0 Å². The van der Waals surface area contributed by atoms with Crippen LogP contribution < -0.4 is 0 Å². The van der Waals surface area contributed by atoms with Crippen LogP contribution in [0.15, 0.2) is 0 Å². The van der Waals surface area contributed by atoms with Gasteiger partial charge >= 0.3 is 0 Å². The Labute approximate surface area is 209 Å². The molecule has 0 aromatic carbocycles. The van der Waals surface area contributed by atoms with E-state index in [0.29, 0.717) is 22.9 Å². The molecule has 10 atom stereocenters. The number of aliphatic hydroxyl groups is 1. The van der Waals surface area contributed by atoms with E-state index in [4.69, 9.17) is 9.47 Å². The third-order valence-corrected chi connectivity index (χ3v) is 14.2. The summed E-state index contributed by atoms with van der Waals surface area (Å²) in [5.74, 6) is 2.09. The molecule has 0 aromatic rings. The average molecular weight is 473 g/mol. The normalized spacial score (nSPS) is 59.4. The summed E-state index contributed by atoms with van der Waals surface area (Å²) in [6.07, 6.45) is 13.8. The van der Waals surface area contributed by atoms with Crippen molar-refractivity contribution >= 4 is 0 Å². The third kappa shape index (κ3) is 2.61. The maximum atomic E-state index is 11.0. The molecule has 1 saturated heterocycles. The van der Waals surface area contributed by atoms with Crippen molar-refractivity contribution in [3.05, 3.63) is 0 Å². The molecule has 1 aliphatic heterocycles. The zero-order valence-corrected chi connectivity index (χ0v) is 23.4. The maximum Gasteiger partial charge on any atom is 0.104 e. The molecule has 0 spiro atoms. The first-order valence-corrected chi connectivity index (χ1v) is 14.6. The number of fused-ring (bicyclic) bond motifs is 4. The number of aliphatic hydroxyl groups excluding tert-OH is 1. The Hall–Kier alpha value is -0.120. The lowest BCUT2D eigenvalue weighted by Crippen LogP contribution is -2.60. The molecule has 3 heteroatoms. The Morgan fingerprint density at radius 2 is 1.38 bits per heavy atom. The van der Waals surface area contributed by atoms with Gasteiger partial charge < -0.3 is 14.6 Å². The van der Waals surface area contributed by atoms with E-state index in [0.717, 1.165) is 24.7 Å². The fourth-order valence-corrected chi connectivity index (χ4v) is 12.6. The SMILES string of the molecule is CO[C@H]1CC[C@@]2(C)[C@H](CC[C@@]3(C)C[C@]45CC[C@H]6C(C)(C)[C@H](O)CC[C@]6(C)[C@]4(CC[C@@H]32)O5)C1(C)C. The minimum atomic E-state index is -0.169. The van der Waals surface area contributed by atoms with Gasteiger partial charge in [0.15, 0.2) is 0 Å². The third-order valence-electron chi connectivity index (χ3n) is 14.2. The van der Waals surface area contributed by atoms with Crippen molar-refractivity contribution in [2.24, 2.45) is 44.8 Å². The molecule has 0 bridgehead atoms. The second kappa shape index (κ2) is 6.84. The molecule has 1 N–H and O–H groups in total. The highest BCUT2D eigenvalue weighted by Gasteiger charge is 2.83. The van der Waals surface area contributed by atoms with E-state index in [1.807, 2.05) is 7.11 Å². The highest BCUT2D eigenvalue weighted by Crippen LogP contribution is 2.80. The van der Waals surface area contributed by atoms with Gasteiger partial charge in [0.05, 0.1) is 17.8 Å². The van der Waals surface area contributed by atoms with Crippen molar-refractivity contribution in [2.45, 2.75) is 143 Å². The molecule has 0 unspecified atom stereocenters. The van der Waals surface area contributed by atoms with E-state index >= 15 is 0 Å². The minimum absolute atomic E-state index is 0.0114. The van der Waals surface area contributed by atoms with Gasteiger partial charge in [-0.25, -0.2) is 0 Å². The van der Waals surface area contributed by atoms with Gasteiger partial charge in [0.25, 0.3) is 0 Å². The van der Waals surface area contributed by atoms with Crippen LogP contribution in [0.2, 0.25) is 0 Å². The van der Waals surface area contributed by atoms with Gasteiger partial charge in [0, 0.05) is 12.5 Å². The number of rotatable bonds is 1. The first-order chi connectivity index (χ1) is 15.7. The molecule has 5 saturated carbocycles. The summed E-state index contributed by atoms with van der Waals surface area (Å²) in [4.78, 5) is 0. The Balaban J connectivity index is 1.37. The standard InChI is InChI=1S/C31H52O3/c1-25(2)21-10-17-30-19-27(5)14-9-20-26(3,4)24(33-8)13-15-28(20,6)22(27)11-18-31(30,34-30)29(21,7)16-12-23(25)32/h20-24,32H,9-19H2,1-8H3/t20-,21+,22+,23-,24+,27+,28+,29+,30-,31+/m1/s1. The summed E-state index contributed by atoms with van der Waals surface area (Å²) in [6, 6.07) is 0. The van der Waals surface area contributed by atoms with E-state index < -0.39 is 0 Å². The predicted octanol–water partition coefficient (Wildman–Crippen LogP) is 7.15. The van der Waals surface area contributed by atoms with Crippen LogP contribution >= 0.6 is 0 Å². The lowest BCUT2D eigenvalue weighted by atomic mass is 9.41. The van der Waals surface area contributed by atoms with Gasteiger partial charge in [0.2, 0.25) is 0 Å². The van der Waals surface area contributed by atoms with E-state index in [-0.39, 0.29) is 33.6 Å². The molecule has 1 heterocycles. The highest BCUT2D eigenvalue weighted by molar-refractivity contribution is 5.31. The Bertz CT molecular complexity index is 865. The van der Waals surface area contributed by atoms with Gasteiger partial charge in [0.1, 0.15) is 5.60 Å². The lowest BCUT2D eigenvalue weighted by molar-refractivity contribution is -0.182. The topological polar surface area (TPSA) is 42.0 Å². The van der Waals surface area contributed by atoms with Crippen LogP contribution in [0, 0.1) is 44.8 Å².